The van der Waals surface area contributed by atoms with E-state index in [1.807, 2.05) is 17.5 Å². The van der Waals surface area contributed by atoms with Gasteiger partial charge in [-0.1, -0.05) is 33.3 Å². The highest BCUT2D eigenvalue weighted by molar-refractivity contribution is 9.10. The Kier molecular flexibility index (Phi) is 4.43. The zero-order chi connectivity index (χ0) is 18.3. The van der Waals surface area contributed by atoms with Gasteiger partial charge in [0.1, 0.15) is 4.88 Å². The first-order valence-electron chi connectivity index (χ1n) is 7.49. The third-order valence-corrected chi connectivity index (χ3v) is 5.94. The van der Waals surface area contributed by atoms with E-state index in [2.05, 4.69) is 37.5 Å². The van der Waals surface area contributed by atoms with E-state index in [0.29, 0.717) is 37.5 Å². The number of nitrogens with zero attached hydrogens (tertiary/aromatic N) is 4. The average molecular weight is 447 g/mol. The smallest absolute Gasteiger partial charge is 0.279 e. The molecule has 0 radical (unpaired) electrons. The number of carbonyl (C=O) groups is 1. The molecule has 1 amide bonds. The van der Waals surface area contributed by atoms with E-state index in [-0.39, 0.29) is 11.8 Å². The Balaban J connectivity index is 2.02. The monoisotopic (exact) mass is 446 g/mol. The molecule has 0 saturated carbocycles. The molecule has 3 heterocycles. The molecule has 0 unspecified atom stereocenters. The first-order chi connectivity index (χ1) is 12.6. The van der Waals surface area contributed by atoms with Crippen LogP contribution in [0.25, 0.3) is 5.57 Å². The third-order valence-electron chi connectivity index (χ3n) is 3.70. The molecule has 1 aliphatic rings. The lowest BCUT2D eigenvalue weighted by molar-refractivity contribution is -0.112. The molecule has 3 aromatic rings. The number of allylic oxidation sites excluding steroid dienone is 1. The van der Waals surface area contributed by atoms with E-state index >= 15 is 0 Å². The molecule has 1 aromatic carbocycles. The van der Waals surface area contributed by atoms with Crippen LogP contribution < -0.4 is 15.4 Å². The Bertz CT molecular complexity index is 1220. The molecule has 0 atom stereocenters. The van der Waals surface area contributed by atoms with Gasteiger partial charge in [0.15, 0.2) is 4.80 Å². The number of thiazole rings is 2. The summed E-state index contributed by atoms with van der Waals surface area (Å²) in [5.74, 6) is -0.405. The van der Waals surface area contributed by atoms with Gasteiger partial charge in [-0.15, -0.1) is 17.9 Å². The van der Waals surface area contributed by atoms with Gasteiger partial charge in [-0.3, -0.25) is 9.36 Å². The van der Waals surface area contributed by atoms with Crippen molar-refractivity contribution in [2.24, 2.45) is 9.98 Å². The summed E-state index contributed by atoms with van der Waals surface area (Å²) in [6.45, 7) is 4.08. The molecule has 130 valence electrons. The van der Waals surface area contributed by atoms with Crippen LogP contribution in [-0.2, 0) is 11.3 Å². The predicted octanol–water partition coefficient (Wildman–Crippen LogP) is 2.25. The summed E-state index contributed by atoms with van der Waals surface area (Å²) in [6, 6.07) is 5.43. The minimum atomic E-state index is -0.374. The molecule has 2 aromatic heterocycles. The van der Waals surface area contributed by atoms with Gasteiger partial charge in [-0.2, -0.15) is 4.99 Å². The Morgan fingerprint density at radius 3 is 3.00 bits per heavy atom. The van der Waals surface area contributed by atoms with Crippen LogP contribution >= 0.6 is 38.6 Å². The van der Waals surface area contributed by atoms with Gasteiger partial charge in [-0.05, 0) is 18.2 Å². The van der Waals surface area contributed by atoms with Crippen LogP contribution in [-0.4, -0.2) is 20.6 Å². The number of aromatic hydroxyl groups is 1. The number of amides is 1. The summed E-state index contributed by atoms with van der Waals surface area (Å²) >= 11 is 6.04. The standard InChI is InChI=1S/C17H11BrN4O2S2/c1-2-6-22-15(24)13(26-17(22)21-16-19-5-7-25-16)12-10-8-9(18)3-4-11(10)20-14(12)23/h2-5,7-8,24H,1,6H2/b21-17+. The summed E-state index contributed by atoms with van der Waals surface area (Å²) < 4.78 is 2.44. The van der Waals surface area contributed by atoms with Gasteiger partial charge in [0.25, 0.3) is 5.91 Å². The quantitative estimate of drug-likeness (QED) is 0.624. The summed E-state index contributed by atoms with van der Waals surface area (Å²) in [5, 5.41) is 14.4. The zero-order valence-corrected chi connectivity index (χ0v) is 16.4. The fourth-order valence-electron chi connectivity index (χ4n) is 2.60. The van der Waals surface area contributed by atoms with Gasteiger partial charge in [0, 0.05) is 27.8 Å². The van der Waals surface area contributed by atoms with Crippen molar-refractivity contribution in [2.75, 3.05) is 0 Å². The SMILES string of the molecule is C=CCn1c(O)c(C2=c3cc(Br)ccc3=NC2=O)s/c1=N/c1nccs1. The Morgan fingerprint density at radius 2 is 2.27 bits per heavy atom. The molecule has 0 bridgehead atoms. The van der Waals surface area contributed by atoms with E-state index in [9.17, 15) is 9.90 Å². The summed E-state index contributed by atoms with van der Waals surface area (Å²) in [5.41, 5.74) is 0.377. The number of fused-ring (bicyclic) bond motifs is 1. The molecule has 4 rings (SSSR count). The second-order valence-corrected chi connectivity index (χ2v) is 8.08. The van der Waals surface area contributed by atoms with Gasteiger partial charge < -0.3 is 5.11 Å². The molecule has 1 aliphatic heterocycles. The molecule has 0 fully saturated rings. The van der Waals surface area contributed by atoms with Gasteiger partial charge >= 0.3 is 0 Å². The van der Waals surface area contributed by atoms with E-state index in [1.54, 1.807) is 22.9 Å². The number of hydrogen-bond acceptors (Lipinski definition) is 6. The number of carbonyl (C=O) groups excluding carboxylic acids is 1. The maximum absolute atomic E-state index is 12.5. The molecule has 0 saturated heterocycles. The maximum Gasteiger partial charge on any atom is 0.279 e. The average Bonchev–Trinajstić information content (AvgIpc) is 3.29. The van der Waals surface area contributed by atoms with Crippen molar-refractivity contribution in [1.82, 2.24) is 9.55 Å². The zero-order valence-electron chi connectivity index (χ0n) is 13.2. The van der Waals surface area contributed by atoms with Crippen LogP contribution in [0.15, 0.2) is 56.9 Å². The van der Waals surface area contributed by atoms with Crippen LogP contribution in [0.1, 0.15) is 4.88 Å². The van der Waals surface area contributed by atoms with Gasteiger partial charge in [0.2, 0.25) is 11.0 Å². The van der Waals surface area contributed by atoms with E-state index in [1.165, 1.54) is 22.7 Å². The lowest BCUT2D eigenvalue weighted by atomic mass is 10.1. The highest BCUT2D eigenvalue weighted by atomic mass is 79.9. The molecule has 9 heteroatoms. The predicted molar refractivity (Wildman–Crippen MR) is 104 cm³/mol. The number of benzene rings is 1. The first kappa shape index (κ1) is 17.1. The minimum Gasteiger partial charge on any atom is -0.493 e. The van der Waals surface area contributed by atoms with Crippen LogP contribution in [0.4, 0.5) is 5.13 Å². The van der Waals surface area contributed by atoms with Crippen LogP contribution in [0.3, 0.4) is 0 Å². The van der Waals surface area contributed by atoms with Crippen molar-refractivity contribution in [1.29, 1.82) is 0 Å². The Hall–Kier alpha value is -2.36. The molecule has 1 N–H and O–H groups in total. The Morgan fingerprint density at radius 1 is 1.42 bits per heavy atom. The van der Waals surface area contributed by atoms with Crippen molar-refractivity contribution in [3.63, 3.8) is 0 Å². The molecular weight excluding hydrogens is 436 g/mol. The number of rotatable bonds is 4. The second-order valence-electron chi connectivity index (χ2n) is 5.32. The largest absolute Gasteiger partial charge is 0.493 e. The van der Waals surface area contributed by atoms with E-state index in [0.717, 1.165) is 4.47 Å². The summed E-state index contributed by atoms with van der Waals surface area (Å²) in [6.07, 6.45) is 3.32. The number of hydrogen-bond donors (Lipinski definition) is 1. The molecule has 6 nitrogen and oxygen atoms in total. The topological polar surface area (TPSA) is 79.8 Å². The maximum atomic E-state index is 12.5. The number of aromatic nitrogens is 2. The first-order valence-corrected chi connectivity index (χ1v) is 9.98. The van der Waals surface area contributed by atoms with Crippen molar-refractivity contribution in [3.05, 3.63) is 67.2 Å². The van der Waals surface area contributed by atoms with Crippen molar-refractivity contribution in [3.8, 4) is 5.88 Å². The number of halogens is 1. The molecule has 26 heavy (non-hydrogen) atoms. The normalized spacial score (nSPS) is 13.8. The Labute approximate surface area is 164 Å². The van der Waals surface area contributed by atoms with Crippen molar-refractivity contribution >= 4 is 55.2 Å². The highest BCUT2D eigenvalue weighted by Crippen LogP contribution is 2.29. The lowest BCUT2D eigenvalue weighted by Crippen LogP contribution is -2.22. The minimum absolute atomic E-state index is 0.0309. The molecule has 0 spiro atoms. The summed E-state index contributed by atoms with van der Waals surface area (Å²) in [7, 11) is 0. The fourth-order valence-corrected chi connectivity index (χ4v) is 4.61. The van der Waals surface area contributed by atoms with E-state index in [4.69, 9.17) is 0 Å². The van der Waals surface area contributed by atoms with Crippen molar-refractivity contribution < 1.29 is 9.90 Å². The van der Waals surface area contributed by atoms with Crippen LogP contribution in [0, 0.1) is 0 Å². The summed E-state index contributed by atoms with van der Waals surface area (Å²) in [4.78, 5) is 26.2. The van der Waals surface area contributed by atoms with E-state index < -0.39 is 0 Å². The fraction of sp³-hybridized carbons (Fsp3) is 0.0588. The second kappa shape index (κ2) is 6.75. The van der Waals surface area contributed by atoms with Gasteiger partial charge in [-0.25, -0.2) is 9.98 Å². The van der Waals surface area contributed by atoms with Gasteiger partial charge in [0.05, 0.1) is 10.9 Å². The molecule has 0 aliphatic carbocycles. The molecular formula is C17H11BrN4O2S2. The van der Waals surface area contributed by atoms with Crippen LogP contribution in [0.5, 0.6) is 5.88 Å². The van der Waals surface area contributed by atoms with Crippen molar-refractivity contribution in [2.45, 2.75) is 6.54 Å². The lowest BCUT2D eigenvalue weighted by Gasteiger charge is -2.02. The third kappa shape index (κ3) is 2.87. The van der Waals surface area contributed by atoms with Crippen LogP contribution in [0.2, 0.25) is 0 Å². The highest BCUT2D eigenvalue weighted by Gasteiger charge is 2.25.